The standard InChI is InChI=1S/C21H22N2OS3/c1-14-7-8-15(2)16(9-14)12-26-21-23-18(13-27-21)11-20(24)22-17-5-4-6-19(10-17)25-3/h4-10,13H,11-12H2,1-3H3,(H,22,24). The molecule has 6 heteroatoms. The van der Waals surface area contributed by atoms with E-state index in [1.54, 1.807) is 34.9 Å². The molecule has 3 rings (SSSR count). The van der Waals surface area contributed by atoms with Gasteiger partial charge in [0.05, 0.1) is 12.1 Å². The Kier molecular flexibility index (Phi) is 6.99. The maximum atomic E-state index is 12.3. The van der Waals surface area contributed by atoms with Crippen LogP contribution in [-0.4, -0.2) is 17.1 Å². The van der Waals surface area contributed by atoms with Crippen molar-refractivity contribution in [1.82, 2.24) is 4.98 Å². The van der Waals surface area contributed by atoms with E-state index >= 15 is 0 Å². The van der Waals surface area contributed by atoms with E-state index in [1.807, 2.05) is 35.9 Å². The number of nitrogens with zero attached hydrogens (tertiary/aromatic N) is 1. The van der Waals surface area contributed by atoms with Crippen molar-refractivity contribution in [3.8, 4) is 0 Å². The minimum atomic E-state index is -0.0374. The fraction of sp³-hybridized carbons (Fsp3) is 0.238. The van der Waals surface area contributed by atoms with Crippen LogP contribution in [0.5, 0.6) is 0 Å². The Morgan fingerprint density at radius 2 is 2.04 bits per heavy atom. The number of nitrogens with one attached hydrogen (secondary N) is 1. The Balaban J connectivity index is 1.55. The van der Waals surface area contributed by atoms with Crippen LogP contribution in [0.4, 0.5) is 5.69 Å². The molecule has 0 radical (unpaired) electrons. The highest BCUT2D eigenvalue weighted by molar-refractivity contribution is 8.00. The number of anilines is 1. The van der Waals surface area contributed by atoms with Gasteiger partial charge in [0.2, 0.25) is 5.91 Å². The third-order valence-electron chi connectivity index (χ3n) is 4.08. The SMILES string of the molecule is CSc1cccc(NC(=O)Cc2csc(SCc3cc(C)ccc3C)n2)c1. The van der Waals surface area contributed by atoms with Crippen molar-refractivity contribution in [2.45, 2.75) is 35.3 Å². The summed E-state index contributed by atoms with van der Waals surface area (Å²) < 4.78 is 1.00. The van der Waals surface area contributed by atoms with Crippen LogP contribution in [0.25, 0.3) is 0 Å². The first-order chi connectivity index (χ1) is 13.0. The van der Waals surface area contributed by atoms with Crippen molar-refractivity contribution in [2.24, 2.45) is 0 Å². The van der Waals surface area contributed by atoms with Gasteiger partial charge in [0.1, 0.15) is 4.34 Å². The van der Waals surface area contributed by atoms with Crippen LogP contribution in [0.2, 0.25) is 0 Å². The molecule has 0 unspecified atom stereocenters. The lowest BCUT2D eigenvalue weighted by molar-refractivity contribution is -0.115. The Morgan fingerprint density at radius 3 is 2.85 bits per heavy atom. The lowest BCUT2D eigenvalue weighted by Crippen LogP contribution is -2.14. The summed E-state index contributed by atoms with van der Waals surface area (Å²) >= 11 is 4.99. The van der Waals surface area contributed by atoms with Gasteiger partial charge < -0.3 is 5.32 Å². The normalized spacial score (nSPS) is 10.8. The lowest BCUT2D eigenvalue weighted by Gasteiger charge is -2.06. The molecule has 2 aromatic carbocycles. The molecule has 1 heterocycles. The first kappa shape index (κ1) is 20.0. The number of thioether (sulfide) groups is 2. The number of rotatable bonds is 7. The Labute approximate surface area is 173 Å². The molecule has 0 saturated carbocycles. The molecule has 0 bridgehead atoms. The topological polar surface area (TPSA) is 42.0 Å². The van der Waals surface area contributed by atoms with Gasteiger partial charge in [-0.05, 0) is 49.4 Å². The maximum Gasteiger partial charge on any atom is 0.230 e. The molecule has 0 saturated heterocycles. The maximum absolute atomic E-state index is 12.3. The van der Waals surface area contributed by atoms with Gasteiger partial charge in [0.15, 0.2) is 0 Å². The largest absolute Gasteiger partial charge is 0.326 e. The fourth-order valence-electron chi connectivity index (χ4n) is 2.60. The number of hydrogen-bond donors (Lipinski definition) is 1. The number of aryl methyl sites for hydroxylation is 2. The number of amides is 1. The van der Waals surface area contributed by atoms with Crippen molar-refractivity contribution in [3.05, 3.63) is 70.2 Å². The predicted octanol–water partition coefficient (Wildman–Crippen LogP) is 5.96. The van der Waals surface area contributed by atoms with E-state index in [4.69, 9.17) is 0 Å². The molecule has 1 N–H and O–H groups in total. The average Bonchev–Trinajstić information content (AvgIpc) is 3.09. The van der Waals surface area contributed by atoms with Gasteiger partial charge in [0.25, 0.3) is 0 Å². The summed E-state index contributed by atoms with van der Waals surface area (Å²) in [5, 5.41) is 4.93. The second-order valence-electron chi connectivity index (χ2n) is 6.28. The number of carbonyl (C=O) groups excluding carboxylic acids is 1. The molecular formula is C21H22N2OS3. The highest BCUT2D eigenvalue weighted by Gasteiger charge is 2.10. The Morgan fingerprint density at radius 1 is 1.19 bits per heavy atom. The summed E-state index contributed by atoms with van der Waals surface area (Å²) in [7, 11) is 0. The van der Waals surface area contributed by atoms with Crippen molar-refractivity contribution in [2.75, 3.05) is 11.6 Å². The zero-order valence-corrected chi connectivity index (χ0v) is 18.1. The number of hydrogen-bond acceptors (Lipinski definition) is 5. The predicted molar refractivity (Wildman–Crippen MR) is 118 cm³/mol. The van der Waals surface area contributed by atoms with Crippen LogP contribution < -0.4 is 5.32 Å². The summed E-state index contributed by atoms with van der Waals surface area (Å²) in [6.45, 7) is 4.25. The van der Waals surface area contributed by atoms with Crippen molar-refractivity contribution >= 4 is 46.5 Å². The van der Waals surface area contributed by atoms with E-state index in [1.165, 1.54) is 16.7 Å². The summed E-state index contributed by atoms with van der Waals surface area (Å²) in [6.07, 6.45) is 2.32. The number of thiazole rings is 1. The van der Waals surface area contributed by atoms with E-state index in [-0.39, 0.29) is 5.91 Å². The summed E-state index contributed by atoms with van der Waals surface area (Å²) in [4.78, 5) is 18.0. The van der Waals surface area contributed by atoms with Gasteiger partial charge in [-0.2, -0.15) is 0 Å². The number of aromatic nitrogens is 1. The van der Waals surface area contributed by atoms with E-state index in [0.717, 1.165) is 26.4 Å². The summed E-state index contributed by atoms with van der Waals surface area (Å²) in [5.41, 5.74) is 5.56. The van der Waals surface area contributed by atoms with E-state index in [2.05, 4.69) is 42.3 Å². The Bertz CT molecular complexity index is 937. The molecular weight excluding hydrogens is 392 g/mol. The van der Waals surface area contributed by atoms with Gasteiger partial charge in [-0.25, -0.2) is 4.98 Å². The second kappa shape index (κ2) is 9.44. The smallest absolute Gasteiger partial charge is 0.230 e. The summed E-state index contributed by atoms with van der Waals surface area (Å²) in [6, 6.07) is 14.4. The van der Waals surface area contributed by atoms with Crippen molar-refractivity contribution in [1.29, 1.82) is 0 Å². The van der Waals surface area contributed by atoms with E-state index in [0.29, 0.717) is 6.42 Å². The molecule has 140 valence electrons. The molecule has 0 fully saturated rings. The molecule has 0 aliphatic heterocycles. The Hall–Kier alpha value is -1.76. The third kappa shape index (κ3) is 5.86. The first-order valence-electron chi connectivity index (χ1n) is 8.61. The molecule has 1 amide bonds. The molecule has 0 aliphatic rings. The highest BCUT2D eigenvalue weighted by atomic mass is 32.2. The van der Waals surface area contributed by atoms with Gasteiger partial charge in [-0.15, -0.1) is 23.1 Å². The molecule has 0 aliphatic carbocycles. The van der Waals surface area contributed by atoms with Gasteiger partial charge in [0, 0.05) is 21.7 Å². The molecule has 0 atom stereocenters. The average molecular weight is 415 g/mol. The van der Waals surface area contributed by atoms with Crippen LogP contribution in [0, 0.1) is 13.8 Å². The number of carbonyl (C=O) groups is 1. The molecule has 3 aromatic rings. The molecule has 0 spiro atoms. The second-order valence-corrected chi connectivity index (χ2v) is 9.24. The van der Waals surface area contributed by atoms with Crippen LogP contribution in [0.3, 0.4) is 0 Å². The zero-order chi connectivity index (χ0) is 19.2. The van der Waals surface area contributed by atoms with Crippen molar-refractivity contribution in [3.63, 3.8) is 0 Å². The third-order valence-corrected chi connectivity index (χ3v) is 6.93. The van der Waals surface area contributed by atoms with E-state index < -0.39 is 0 Å². The van der Waals surface area contributed by atoms with Gasteiger partial charge in [-0.1, -0.05) is 41.6 Å². The molecule has 27 heavy (non-hydrogen) atoms. The first-order valence-corrected chi connectivity index (χ1v) is 11.7. The van der Waals surface area contributed by atoms with E-state index in [9.17, 15) is 4.79 Å². The van der Waals surface area contributed by atoms with Crippen LogP contribution in [0.1, 0.15) is 22.4 Å². The zero-order valence-electron chi connectivity index (χ0n) is 15.6. The van der Waals surface area contributed by atoms with Gasteiger partial charge >= 0.3 is 0 Å². The molecule has 1 aromatic heterocycles. The van der Waals surface area contributed by atoms with Crippen LogP contribution >= 0.6 is 34.9 Å². The van der Waals surface area contributed by atoms with Gasteiger partial charge in [-0.3, -0.25) is 4.79 Å². The van der Waals surface area contributed by atoms with Crippen LogP contribution in [-0.2, 0) is 17.0 Å². The highest BCUT2D eigenvalue weighted by Crippen LogP contribution is 2.28. The quantitative estimate of drug-likeness (QED) is 0.485. The minimum Gasteiger partial charge on any atom is -0.326 e. The summed E-state index contributed by atoms with van der Waals surface area (Å²) in [5.74, 6) is 0.860. The van der Waals surface area contributed by atoms with Crippen molar-refractivity contribution < 1.29 is 4.79 Å². The fourth-order valence-corrected chi connectivity index (χ4v) is 4.97. The minimum absolute atomic E-state index is 0.0374. The monoisotopic (exact) mass is 414 g/mol. The lowest BCUT2D eigenvalue weighted by atomic mass is 10.1. The number of benzene rings is 2. The van der Waals surface area contributed by atoms with Crippen LogP contribution in [0.15, 0.2) is 57.1 Å². The molecule has 3 nitrogen and oxygen atoms in total.